The van der Waals surface area contributed by atoms with Crippen LogP contribution in [0.3, 0.4) is 0 Å². The lowest BCUT2D eigenvalue weighted by molar-refractivity contribution is -0.142. The Morgan fingerprint density at radius 3 is 2.45 bits per heavy atom. The Labute approximate surface area is 129 Å². The molecule has 2 N–H and O–H groups in total. The summed E-state index contributed by atoms with van der Waals surface area (Å²) in [6, 6.07) is 12.1. The van der Waals surface area contributed by atoms with Gasteiger partial charge >= 0.3 is 5.97 Å². The molecule has 22 heavy (non-hydrogen) atoms. The summed E-state index contributed by atoms with van der Waals surface area (Å²) in [7, 11) is -3.66. The minimum absolute atomic E-state index is 0.0447. The fraction of sp³-hybridized carbons (Fsp3) is 0.250. The molecule has 2 unspecified atom stereocenters. The Morgan fingerprint density at radius 2 is 1.91 bits per heavy atom. The molecule has 0 radical (unpaired) electrons. The monoisotopic (exact) mass is 319 g/mol. The average molecular weight is 319 g/mol. The highest BCUT2D eigenvalue weighted by molar-refractivity contribution is 7.57. The molecule has 0 saturated carbocycles. The van der Waals surface area contributed by atoms with Crippen LogP contribution in [0.15, 0.2) is 54.9 Å². The number of benzene rings is 1. The molecule has 0 amide bonds. The maximum atomic E-state index is 12.5. The van der Waals surface area contributed by atoms with Gasteiger partial charge in [-0.3, -0.25) is 14.3 Å². The van der Waals surface area contributed by atoms with Crippen LogP contribution in [-0.2, 0) is 20.9 Å². The van der Waals surface area contributed by atoms with Crippen LogP contribution in [0.4, 0.5) is 0 Å². The SMILES string of the molecule is CC(CP(=O)(O)Cc1ccccc1)(C(=O)O)c1cccnc1. The van der Waals surface area contributed by atoms with Crippen LogP contribution in [-0.4, -0.2) is 27.1 Å². The molecule has 5 nitrogen and oxygen atoms in total. The number of carboxylic acids is 1. The number of aliphatic carboxylic acids is 1. The second kappa shape index (κ2) is 6.42. The van der Waals surface area contributed by atoms with E-state index >= 15 is 0 Å². The van der Waals surface area contributed by atoms with Gasteiger partial charge in [0.05, 0.1) is 0 Å². The third-order valence-corrected chi connectivity index (χ3v) is 5.59. The lowest BCUT2D eigenvalue weighted by atomic mass is 9.86. The van der Waals surface area contributed by atoms with Gasteiger partial charge in [0, 0.05) is 24.7 Å². The van der Waals surface area contributed by atoms with Gasteiger partial charge in [0.1, 0.15) is 5.41 Å². The van der Waals surface area contributed by atoms with Gasteiger partial charge in [-0.05, 0) is 24.1 Å². The molecule has 2 atom stereocenters. The van der Waals surface area contributed by atoms with Crippen molar-refractivity contribution in [2.75, 3.05) is 6.16 Å². The number of carbonyl (C=O) groups is 1. The number of carboxylic acid groups (broad SMARTS) is 1. The predicted molar refractivity (Wildman–Crippen MR) is 84.1 cm³/mol. The zero-order valence-electron chi connectivity index (χ0n) is 12.2. The summed E-state index contributed by atoms with van der Waals surface area (Å²) >= 11 is 0. The van der Waals surface area contributed by atoms with E-state index < -0.39 is 18.8 Å². The Kier molecular flexibility index (Phi) is 4.79. The summed E-state index contributed by atoms with van der Waals surface area (Å²) in [5.41, 5.74) is -0.315. The Bertz CT molecular complexity index is 690. The third kappa shape index (κ3) is 3.81. The van der Waals surface area contributed by atoms with E-state index in [0.29, 0.717) is 11.1 Å². The molecule has 1 aromatic carbocycles. The summed E-state index contributed by atoms with van der Waals surface area (Å²) in [6.45, 7) is 1.46. The largest absolute Gasteiger partial charge is 0.481 e. The van der Waals surface area contributed by atoms with Crippen molar-refractivity contribution in [2.24, 2.45) is 0 Å². The van der Waals surface area contributed by atoms with E-state index in [0.717, 1.165) is 0 Å². The molecular formula is C16H18NO4P. The molecule has 0 spiro atoms. The topological polar surface area (TPSA) is 87.5 Å². The van der Waals surface area contributed by atoms with Crippen LogP contribution in [0.2, 0.25) is 0 Å². The predicted octanol–water partition coefficient (Wildman–Crippen LogP) is 2.89. The number of hydrogen-bond acceptors (Lipinski definition) is 3. The van der Waals surface area contributed by atoms with Gasteiger partial charge in [-0.25, -0.2) is 0 Å². The van der Waals surface area contributed by atoms with Crippen LogP contribution in [0.5, 0.6) is 0 Å². The second-order valence-corrected chi connectivity index (χ2v) is 7.85. The van der Waals surface area contributed by atoms with E-state index in [1.165, 1.54) is 19.3 Å². The van der Waals surface area contributed by atoms with Crippen molar-refractivity contribution in [2.45, 2.75) is 18.5 Å². The van der Waals surface area contributed by atoms with Gasteiger partial charge < -0.3 is 10.00 Å². The molecule has 0 aliphatic rings. The molecule has 2 aromatic rings. The van der Waals surface area contributed by atoms with E-state index in [9.17, 15) is 19.4 Å². The molecule has 116 valence electrons. The number of pyridine rings is 1. The van der Waals surface area contributed by atoms with E-state index in [4.69, 9.17) is 0 Å². The van der Waals surface area contributed by atoms with Crippen LogP contribution in [0, 0.1) is 0 Å². The lowest BCUT2D eigenvalue weighted by Gasteiger charge is -2.27. The van der Waals surface area contributed by atoms with Crippen molar-refractivity contribution < 1.29 is 19.4 Å². The molecule has 0 aliphatic heterocycles. The maximum Gasteiger partial charge on any atom is 0.314 e. The fourth-order valence-corrected chi connectivity index (χ4v) is 4.59. The highest BCUT2D eigenvalue weighted by Crippen LogP contribution is 2.50. The van der Waals surface area contributed by atoms with E-state index in [1.54, 1.807) is 36.4 Å². The minimum Gasteiger partial charge on any atom is -0.481 e. The lowest BCUT2D eigenvalue weighted by Crippen LogP contribution is -2.36. The third-order valence-electron chi connectivity index (χ3n) is 3.61. The van der Waals surface area contributed by atoms with Gasteiger partial charge in [-0.1, -0.05) is 36.4 Å². The van der Waals surface area contributed by atoms with E-state index in [2.05, 4.69) is 4.98 Å². The number of hydrogen-bond donors (Lipinski definition) is 2. The first-order chi connectivity index (χ1) is 10.3. The molecule has 1 aromatic heterocycles. The summed E-state index contributed by atoms with van der Waals surface area (Å²) in [5.74, 6) is -1.14. The summed E-state index contributed by atoms with van der Waals surface area (Å²) in [5, 5.41) is 9.56. The standard InChI is InChI=1S/C16H18NO4P/c1-16(15(18)19,14-8-5-9-17-10-14)12-22(20,21)11-13-6-3-2-4-7-13/h2-10H,11-12H2,1H3,(H,18,19)(H,20,21). The highest BCUT2D eigenvalue weighted by Gasteiger charge is 2.41. The first-order valence-electron chi connectivity index (χ1n) is 6.82. The molecule has 0 saturated heterocycles. The van der Waals surface area contributed by atoms with Crippen LogP contribution >= 0.6 is 7.37 Å². The normalized spacial score (nSPS) is 16.5. The van der Waals surface area contributed by atoms with Crippen molar-refractivity contribution in [3.63, 3.8) is 0 Å². The van der Waals surface area contributed by atoms with Gasteiger partial charge in [0.15, 0.2) is 0 Å². The quantitative estimate of drug-likeness (QED) is 0.799. The van der Waals surface area contributed by atoms with Crippen LogP contribution < -0.4 is 0 Å². The second-order valence-electron chi connectivity index (χ2n) is 5.53. The Morgan fingerprint density at radius 1 is 1.23 bits per heavy atom. The Balaban J connectivity index is 2.28. The zero-order chi connectivity index (χ0) is 16.2. The minimum atomic E-state index is -3.66. The highest BCUT2D eigenvalue weighted by atomic mass is 31.2. The van der Waals surface area contributed by atoms with Gasteiger partial charge in [-0.2, -0.15) is 0 Å². The van der Waals surface area contributed by atoms with E-state index in [-0.39, 0.29) is 12.3 Å². The number of rotatable bonds is 6. The van der Waals surface area contributed by atoms with Gasteiger partial charge in [0.25, 0.3) is 0 Å². The van der Waals surface area contributed by atoms with Crippen molar-refractivity contribution in [3.05, 3.63) is 66.0 Å². The molecule has 1 heterocycles. The average Bonchev–Trinajstić information content (AvgIpc) is 2.48. The molecule has 0 fully saturated rings. The van der Waals surface area contributed by atoms with Gasteiger partial charge in [0.2, 0.25) is 7.37 Å². The number of aromatic nitrogens is 1. The van der Waals surface area contributed by atoms with Crippen LogP contribution in [0.1, 0.15) is 18.1 Å². The Hall–Kier alpha value is -1.97. The summed E-state index contributed by atoms with van der Waals surface area (Å²) < 4.78 is 12.5. The molecular weight excluding hydrogens is 301 g/mol. The summed E-state index contributed by atoms with van der Waals surface area (Å²) in [6.07, 6.45) is 2.58. The molecule has 0 aliphatic carbocycles. The van der Waals surface area contributed by atoms with Crippen molar-refractivity contribution in [1.29, 1.82) is 0 Å². The maximum absolute atomic E-state index is 12.5. The van der Waals surface area contributed by atoms with Crippen molar-refractivity contribution in [3.8, 4) is 0 Å². The van der Waals surface area contributed by atoms with Crippen LogP contribution in [0.25, 0.3) is 0 Å². The fourth-order valence-electron chi connectivity index (χ4n) is 2.39. The first kappa shape index (κ1) is 16.4. The molecule has 2 rings (SSSR count). The first-order valence-corrected chi connectivity index (χ1v) is 8.85. The summed E-state index contributed by atoms with van der Waals surface area (Å²) in [4.78, 5) is 25.9. The van der Waals surface area contributed by atoms with Gasteiger partial charge in [-0.15, -0.1) is 0 Å². The molecule has 6 heteroatoms. The van der Waals surface area contributed by atoms with Crippen molar-refractivity contribution >= 4 is 13.3 Å². The smallest absolute Gasteiger partial charge is 0.314 e. The molecule has 0 bridgehead atoms. The van der Waals surface area contributed by atoms with Crippen molar-refractivity contribution in [1.82, 2.24) is 4.98 Å². The number of nitrogens with zero attached hydrogens (tertiary/aromatic N) is 1. The zero-order valence-corrected chi connectivity index (χ0v) is 13.1. The van der Waals surface area contributed by atoms with E-state index in [1.807, 2.05) is 6.07 Å².